The highest BCUT2D eigenvalue weighted by molar-refractivity contribution is 6.08. The maximum absolute atomic E-state index is 13.9. The van der Waals surface area contributed by atoms with Crippen molar-refractivity contribution in [3.8, 4) is 17.2 Å². The van der Waals surface area contributed by atoms with Crippen LogP contribution in [-0.2, 0) is 14.3 Å². The van der Waals surface area contributed by atoms with Gasteiger partial charge in [-0.3, -0.25) is 14.5 Å². The summed E-state index contributed by atoms with van der Waals surface area (Å²) in [5.74, 6) is -0.191. The summed E-state index contributed by atoms with van der Waals surface area (Å²) in [5.41, 5.74) is 2.12. The van der Waals surface area contributed by atoms with Gasteiger partial charge in [-0.15, -0.1) is 0 Å². The number of hydrogen-bond donors (Lipinski definition) is 0. The van der Waals surface area contributed by atoms with Gasteiger partial charge in [0.25, 0.3) is 0 Å². The molecule has 9 nitrogen and oxygen atoms in total. The highest BCUT2D eigenvalue weighted by Crippen LogP contribution is 2.47. The van der Waals surface area contributed by atoms with Crippen molar-refractivity contribution in [1.82, 2.24) is 9.55 Å². The number of rotatable bonds is 9. The number of amides is 1. The molecule has 2 heterocycles. The summed E-state index contributed by atoms with van der Waals surface area (Å²) in [4.78, 5) is 33.7. The van der Waals surface area contributed by atoms with Crippen LogP contribution in [0.25, 0.3) is 11.0 Å². The molecule has 186 valence electrons. The first kappa shape index (κ1) is 24.4. The molecule has 0 saturated carbocycles. The molecular formula is C26H31N3O6. The van der Waals surface area contributed by atoms with Crippen LogP contribution < -0.4 is 19.1 Å². The molecule has 0 N–H and O–H groups in total. The number of para-hydroxylation sites is 2. The van der Waals surface area contributed by atoms with E-state index in [0.29, 0.717) is 35.3 Å². The Labute approximate surface area is 204 Å². The molecule has 0 aliphatic carbocycles. The summed E-state index contributed by atoms with van der Waals surface area (Å²) in [6.07, 6.45) is 1.66. The lowest BCUT2D eigenvalue weighted by Gasteiger charge is -2.38. The van der Waals surface area contributed by atoms with Crippen molar-refractivity contribution in [3.63, 3.8) is 0 Å². The highest BCUT2D eigenvalue weighted by Gasteiger charge is 2.48. The molecule has 2 aromatic carbocycles. The van der Waals surface area contributed by atoms with Gasteiger partial charge in [-0.25, -0.2) is 4.98 Å². The van der Waals surface area contributed by atoms with E-state index >= 15 is 0 Å². The van der Waals surface area contributed by atoms with E-state index < -0.39 is 17.9 Å². The monoisotopic (exact) mass is 481 g/mol. The van der Waals surface area contributed by atoms with E-state index in [-0.39, 0.29) is 12.5 Å². The zero-order valence-corrected chi connectivity index (χ0v) is 20.7. The molecule has 1 aromatic heterocycles. The molecule has 3 aromatic rings. The molecule has 0 saturated heterocycles. The molecule has 1 aliphatic heterocycles. The van der Waals surface area contributed by atoms with Gasteiger partial charge in [-0.2, -0.15) is 0 Å². The average Bonchev–Trinajstić information content (AvgIpc) is 3.26. The van der Waals surface area contributed by atoms with E-state index in [2.05, 4.69) is 6.92 Å². The Morgan fingerprint density at radius 3 is 2.34 bits per heavy atom. The molecule has 2 atom stereocenters. The van der Waals surface area contributed by atoms with Crippen LogP contribution >= 0.6 is 0 Å². The number of benzene rings is 2. The quantitative estimate of drug-likeness (QED) is 0.337. The number of carbonyl (C=O) groups excluding carboxylic acids is 2. The van der Waals surface area contributed by atoms with Gasteiger partial charge in [0.05, 0.1) is 45.0 Å². The predicted octanol–water partition coefficient (Wildman–Crippen LogP) is 3.98. The van der Waals surface area contributed by atoms with Crippen LogP contribution in [-0.4, -0.2) is 55.9 Å². The Hall–Kier alpha value is -3.75. The van der Waals surface area contributed by atoms with Gasteiger partial charge in [-0.05, 0) is 31.5 Å². The Morgan fingerprint density at radius 1 is 1.00 bits per heavy atom. The maximum atomic E-state index is 13.9. The molecule has 0 fully saturated rings. The third kappa shape index (κ3) is 4.15. The molecule has 0 spiro atoms. The zero-order valence-electron chi connectivity index (χ0n) is 20.7. The number of esters is 1. The summed E-state index contributed by atoms with van der Waals surface area (Å²) >= 11 is 0. The fourth-order valence-electron chi connectivity index (χ4n) is 4.64. The van der Waals surface area contributed by atoms with E-state index in [0.717, 1.165) is 23.9 Å². The van der Waals surface area contributed by atoms with Crippen LogP contribution in [0.15, 0.2) is 36.4 Å². The zero-order chi connectivity index (χ0) is 25.1. The lowest BCUT2D eigenvalue weighted by Crippen LogP contribution is -2.50. The van der Waals surface area contributed by atoms with Gasteiger partial charge in [0.2, 0.25) is 11.9 Å². The second kappa shape index (κ2) is 10.2. The Balaban J connectivity index is 2.05. The van der Waals surface area contributed by atoms with E-state index in [9.17, 15) is 9.59 Å². The van der Waals surface area contributed by atoms with Crippen molar-refractivity contribution in [2.75, 3.05) is 39.4 Å². The number of aromatic nitrogens is 2. The smallest absolute Gasteiger partial charge is 0.321 e. The molecule has 0 bridgehead atoms. The SMILES string of the molecule is CCCCN1C(=O)[C@H](C(=O)OCC)[C@H](c2cc(OC)c(OC)cc2OC)n2c1nc1ccccc12. The van der Waals surface area contributed by atoms with Crippen LogP contribution in [0.3, 0.4) is 0 Å². The van der Waals surface area contributed by atoms with Gasteiger partial charge in [0, 0.05) is 18.2 Å². The normalized spacial score (nSPS) is 17.3. The van der Waals surface area contributed by atoms with Crippen molar-refractivity contribution in [3.05, 3.63) is 42.0 Å². The number of methoxy groups -OCH3 is 3. The number of hydrogen-bond acceptors (Lipinski definition) is 7. The van der Waals surface area contributed by atoms with E-state index in [1.807, 2.05) is 28.8 Å². The van der Waals surface area contributed by atoms with E-state index in [1.165, 1.54) is 21.3 Å². The van der Waals surface area contributed by atoms with Gasteiger partial charge in [0.1, 0.15) is 5.75 Å². The molecule has 35 heavy (non-hydrogen) atoms. The van der Waals surface area contributed by atoms with Crippen LogP contribution in [0.2, 0.25) is 0 Å². The number of unbranched alkanes of at least 4 members (excludes halogenated alkanes) is 1. The number of carbonyl (C=O) groups is 2. The summed E-state index contributed by atoms with van der Waals surface area (Å²) in [5, 5.41) is 0. The summed E-state index contributed by atoms with van der Waals surface area (Å²) in [7, 11) is 4.61. The minimum atomic E-state index is -1.14. The highest BCUT2D eigenvalue weighted by atomic mass is 16.5. The number of fused-ring (bicyclic) bond motifs is 3. The molecular weight excluding hydrogens is 450 g/mol. The first-order valence-corrected chi connectivity index (χ1v) is 11.7. The minimum Gasteiger partial charge on any atom is -0.496 e. The second-order valence-corrected chi connectivity index (χ2v) is 8.24. The first-order chi connectivity index (χ1) is 17.0. The topological polar surface area (TPSA) is 92.1 Å². The number of anilines is 1. The van der Waals surface area contributed by atoms with Crippen LogP contribution in [0.1, 0.15) is 38.3 Å². The van der Waals surface area contributed by atoms with Crippen molar-refractivity contribution in [1.29, 1.82) is 0 Å². The third-order valence-electron chi connectivity index (χ3n) is 6.27. The molecule has 1 amide bonds. The first-order valence-electron chi connectivity index (χ1n) is 11.7. The van der Waals surface area contributed by atoms with Gasteiger partial charge in [-0.1, -0.05) is 25.5 Å². The Morgan fingerprint density at radius 2 is 1.69 bits per heavy atom. The predicted molar refractivity (Wildman–Crippen MR) is 131 cm³/mol. The second-order valence-electron chi connectivity index (χ2n) is 8.24. The van der Waals surface area contributed by atoms with Crippen molar-refractivity contribution < 1.29 is 28.5 Å². The Bertz CT molecular complexity index is 1240. The van der Waals surface area contributed by atoms with Gasteiger partial charge in [0.15, 0.2) is 17.4 Å². The van der Waals surface area contributed by atoms with Crippen molar-refractivity contribution >= 4 is 28.9 Å². The van der Waals surface area contributed by atoms with Crippen LogP contribution in [0.5, 0.6) is 17.2 Å². The van der Waals surface area contributed by atoms with Crippen molar-refractivity contribution in [2.24, 2.45) is 5.92 Å². The average molecular weight is 482 g/mol. The lowest BCUT2D eigenvalue weighted by atomic mass is 9.88. The molecule has 0 unspecified atom stereocenters. The molecule has 9 heteroatoms. The minimum absolute atomic E-state index is 0.158. The summed E-state index contributed by atoms with van der Waals surface area (Å²) in [6, 6.07) is 10.3. The Kier molecular flexibility index (Phi) is 7.14. The van der Waals surface area contributed by atoms with E-state index in [4.69, 9.17) is 23.9 Å². The van der Waals surface area contributed by atoms with Gasteiger partial charge >= 0.3 is 5.97 Å². The lowest BCUT2D eigenvalue weighted by molar-refractivity contribution is -0.153. The van der Waals surface area contributed by atoms with Crippen LogP contribution in [0.4, 0.5) is 5.95 Å². The van der Waals surface area contributed by atoms with E-state index in [1.54, 1.807) is 24.0 Å². The standard InChI is InChI=1S/C26H31N3O6/c1-6-8-13-28-24(30)22(25(31)35-7-2)23(29-18-12-10-9-11-17(18)27-26(28)29)16-14-20(33-4)21(34-5)15-19(16)32-3/h9-12,14-15,22-23H,6-8,13H2,1-5H3/t22-,23+/m1/s1. The largest absolute Gasteiger partial charge is 0.496 e. The summed E-state index contributed by atoms with van der Waals surface area (Å²) < 4.78 is 24.1. The molecule has 0 radical (unpaired) electrons. The fraction of sp³-hybridized carbons (Fsp3) is 0.423. The van der Waals surface area contributed by atoms with Crippen LogP contribution in [0, 0.1) is 5.92 Å². The molecule has 1 aliphatic rings. The fourth-order valence-corrected chi connectivity index (χ4v) is 4.64. The third-order valence-corrected chi connectivity index (χ3v) is 6.27. The number of imidazole rings is 1. The number of ether oxygens (including phenoxy) is 4. The number of nitrogens with zero attached hydrogens (tertiary/aromatic N) is 3. The van der Waals surface area contributed by atoms with Gasteiger partial charge < -0.3 is 23.5 Å². The van der Waals surface area contributed by atoms with Crippen molar-refractivity contribution in [2.45, 2.75) is 32.7 Å². The summed E-state index contributed by atoms with van der Waals surface area (Å²) in [6.45, 7) is 4.39. The molecule has 4 rings (SSSR count). The maximum Gasteiger partial charge on any atom is 0.321 e.